The number of hydrogen-bond acceptors (Lipinski definition) is 3. The number of rotatable bonds is 3. The summed E-state index contributed by atoms with van der Waals surface area (Å²) in [6.45, 7) is 3.56. The lowest BCUT2D eigenvalue weighted by Gasteiger charge is -2.29. The second kappa shape index (κ2) is 5.58. The minimum atomic E-state index is -0.407. The third-order valence-electron chi connectivity index (χ3n) is 2.59. The predicted molar refractivity (Wildman–Crippen MR) is 55.1 cm³/mol. The molecule has 86 valence electrons. The van der Waals surface area contributed by atoms with E-state index < -0.39 is 6.03 Å². The number of urea groups is 1. The maximum atomic E-state index is 11.5. The molecular weight excluding hydrogens is 196 g/mol. The third-order valence-corrected chi connectivity index (χ3v) is 2.59. The van der Waals surface area contributed by atoms with E-state index in [0.29, 0.717) is 32.5 Å². The monoisotopic (exact) mass is 214 g/mol. The van der Waals surface area contributed by atoms with Crippen molar-refractivity contribution in [2.75, 3.05) is 19.7 Å². The van der Waals surface area contributed by atoms with Gasteiger partial charge in [0.25, 0.3) is 0 Å². The summed E-state index contributed by atoms with van der Waals surface area (Å²) in [6, 6.07) is -0.407. The summed E-state index contributed by atoms with van der Waals surface area (Å²) in [7, 11) is 0. The molecule has 5 heteroatoms. The van der Waals surface area contributed by atoms with Gasteiger partial charge in [-0.25, -0.2) is 4.79 Å². The van der Waals surface area contributed by atoms with Crippen molar-refractivity contribution in [2.45, 2.75) is 26.2 Å². The van der Waals surface area contributed by atoms with E-state index >= 15 is 0 Å². The van der Waals surface area contributed by atoms with E-state index in [1.54, 1.807) is 4.90 Å². The van der Waals surface area contributed by atoms with Gasteiger partial charge in [-0.15, -0.1) is 0 Å². The van der Waals surface area contributed by atoms with Gasteiger partial charge in [0, 0.05) is 13.1 Å². The van der Waals surface area contributed by atoms with E-state index in [1.165, 1.54) is 0 Å². The van der Waals surface area contributed by atoms with Crippen molar-refractivity contribution in [1.82, 2.24) is 4.90 Å². The van der Waals surface area contributed by atoms with Crippen LogP contribution < -0.4 is 5.73 Å². The fourth-order valence-corrected chi connectivity index (χ4v) is 1.66. The largest absolute Gasteiger partial charge is 0.465 e. The average molecular weight is 214 g/mol. The Hall–Kier alpha value is -1.26. The second-order valence-electron chi connectivity index (χ2n) is 3.77. The second-order valence-corrected chi connectivity index (χ2v) is 3.77. The molecule has 1 saturated heterocycles. The van der Waals surface area contributed by atoms with Gasteiger partial charge < -0.3 is 15.4 Å². The van der Waals surface area contributed by atoms with Crippen LogP contribution in [0.25, 0.3) is 0 Å². The maximum absolute atomic E-state index is 11.5. The predicted octanol–water partition coefficient (Wildman–Crippen LogP) is 0.730. The lowest BCUT2D eigenvalue weighted by atomic mass is 9.97. The summed E-state index contributed by atoms with van der Waals surface area (Å²) >= 11 is 0. The van der Waals surface area contributed by atoms with Crippen LogP contribution in [0, 0.1) is 5.92 Å². The Labute approximate surface area is 89.6 Å². The van der Waals surface area contributed by atoms with Crippen LogP contribution in [-0.2, 0) is 9.53 Å². The Morgan fingerprint density at radius 1 is 1.40 bits per heavy atom. The van der Waals surface area contributed by atoms with Crippen LogP contribution in [0.3, 0.4) is 0 Å². The molecule has 0 spiro atoms. The highest BCUT2D eigenvalue weighted by Crippen LogP contribution is 2.18. The summed E-state index contributed by atoms with van der Waals surface area (Å²) in [4.78, 5) is 23.9. The van der Waals surface area contributed by atoms with Crippen molar-refractivity contribution in [3.05, 3.63) is 0 Å². The normalized spacial score (nSPS) is 17.5. The van der Waals surface area contributed by atoms with Gasteiger partial charge in [0.05, 0.1) is 12.5 Å². The summed E-state index contributed by atoms with van der Waals surface area (Å²) < 4.78 is 5.05. The molecule has 0 radical (unpaired) electrons. The number of nitrogens with zero attached hydrogens (tertiary/aromatic N) is 1. The number of carbonyl (C=O) groups excluding carboxylic acids is 2. The summed E-state index contributed by atoms with van der Waals surface area (Å²) in [5.41, 5.74) is 5.14. The molecular formula is C10H18N2O3. The molecule has 0 aromatic carbocycles. The molecule has 0 bridgehead atoms. The van der Waals surface area contributed by atoms with E-state index in [1.807, 2.05) is 6.92 Å². The molecule has 0 aliphatic carbocycles. The smallest absolute Gasteiger partial charge is 0.314 e. The number of primary amides is 1. The van der Waals surface area contributed by atoms with E-state index in [0.717, 1.165) is 6.42 Å². The fraction of sp³-hybridized carbons (Fsp3) is 0.800. The third kappa shape index (κ3) is 3.42. The number of piperidine rings is 1. The van der Waals surface area contributed by atoms with Gasteiger partial charge in [0.15, 0.2) is 0 Å². The van der Waals surface area contributed by atoms with Crippen LogP contribution in [-0.4, -0.2) is 36.6 Å². The molecule has 0 saturated carbocycles. The highest BCUT2D eigenvalue weighted by molar-refractivity contribution is 5.74. The molecule has 1 aliphatic heterocycles. The van der Waals surface area contributed by atoms with E-state index in [4.69, 9.17) is 10.5 Å². The number of esters is 1. The zero-order chi connectivity index (χ0) is 11.3. The number of amides is 2. The van der Waals surface area contributed by atoms with E-state index in [-0.39, 0.29) is 11.9 Å². The first-order chi connectivity index (χ1) is 7.15. The number of ether oxygens (including phenoxy) is 1. The molecule has 2 N–H and O–H groups in total. The van der Waals surface area contributed by atoms with Crippen LogP contribution in [0.2, 0.25) is 0 Å². The zero-order valence-corrected chi connectivity index (χ0v) is 9.07. The lowest BCUT2D eigenvalue weighted by Crippen LogP contribution is -2.43. The first-order valence-corrected chi connectivity index (χ1v) is 5.36. The summed E-state index contributed by atoms with van der Waals surface area (Å²) in [6.07, 6.45) is 2.16. The van der Waals surface area contributed by atoms with Crippen molar-refractivity contribution in [3.8, 4) is 0 Å². The van der Waals surface area contributed by atoms with Gasteiger partial charge >= 0.3 is 12.0 Å². The SMILES string of the molecule is CCCOC(=O)C1CCN(C(N)=O)CC1. The molecule has 0 atom stereocenters. The molecule has 1 fully saturated rings. The minimum Gasteiger partial charge on any atom is -0.465 e. The molecule has 1 aliphatic rings. The highest BCUT2D eigenvalue weighted by Gasteiger charge is 2.27. The first-order valence-electron chi connectivity index (χ1n) is 5.36. The van der Waals surface area contributed by atoms with Crippen LogP contribution >= 0.6 is 0 Å². The van der Waals surface area contributed by atoms with Crippen LogP contribution in [0.1, 0.15) is 26.2 Å². The maximum Gasteiger partial charge on any atom is 0.314 e. The van der Waals surface area contributed by atoms with E-state index in [2.05, 4.69) is 0 Å². The Bertz CT molecular complexity index is 235. The number of likely N-dealkylation sites (tertiary alicyclic amines) is 1. The Morgan fingerprint density at radius 3 is 2.47 bits per heavy atom. The average Bonchev–Trinajstić information content (AvgIpc) is 2.26. The molecule has 1 heterocycles. The van der Waals surface area contributed by atoms with Gasteiger partial charge in [0.1, 0.15) is 0 Å². The zero-order valence-electron chi connectivity index (χ0n) is 9.07. The Balaban J connectivity index is 2.30. The Morgan fingerprint density at radius 2 is 2.00 bits per heavy atom. The van der Waals surface area contributed by atoms with Crippen LogP contribution in [0.5, 0.6) is 0 Å². The number of carbonyl (C=O) groups is 2. The standard InChI is InChI=1S/C10H18N2O3/c1-2-7-15-9(13)8-3-5-12(6-4-8)10(11)14/h8H,2-7H2,1H3,(H2,11,14). The number of nitrogens with two attached hydrogens (primary N) is 1. The Kier molecular flexibility index (Phi) is 4.39. The van der Waals surface area contributed by atoms with Crippen LogP contribution in [0.15, 0.2) is 0 Å². The van der Waals surface area contributed by atoms with E-state index in [9.17, 15) is 9.59 Å². The summed E-state index contributed by atoms with van der Waals surface area (Å²) in [5, 5.41) is 0. The molecule has 15 heavy (non-hydrogen) atoms. The molecule has 2 amide bonds. The van der Waals surface area contributed by atoms with Crippen molar-refractivity contribution >= 4 is 12.0 Å². The van der Waals surface area contributed by atoms with Crippen molar-refractivity contribution in [2.24, 2.45) is 11.7 Å². The molecule has 0 unspecified atom stereocenters. The van der Waals surface area contributed by atoms with Crippen molar-refractivity contribution in [1.29, 1.82) is 0 Å². The lowest BCUT2D eigenvalue weighted by molar-refractivity contribution is -0.150. The van der Waals surface area contributed by atoms with Gasteiger partial charge in [-0.3, -0.25) is 4.79 Å². The van der Waals surface area contributed by atoms with Crippen LogP contribution in [0.4, 0.5) is 4.79 Å². The summed E-state index contributed by atoms with van der Waals surface area (Å²) in [5.74, 6) is -0.201. The van der Waals surface area contributed by atoms with Gasteiger partial charge in [-0.05, 0) is 19.3 Å². The topological polar surface area (TPSA) is 72.6 Å². The minimum absolute atomic E-state index is 0.0628. The van der Waals surface area contributed by atoms with Gasteiger partial charge in [-0.2, -0.15) is 0 Å². The quantitative estimate of drug-likeness (QED) is 0.704. The molecule has 0 aromatic rings. The molecule has 5 nitrogen and oxygen atoms in total. The first kappa shape index (κ1) is 11.8. The fourth-order valence-electron chi connectivity index (χ4n) is 1.66. The molecule has 1 rings (SSSR count). The number of hydrogen-bond donors (Lipinski definition) is 1. The van der Waals surface area contributed by atoms with Crippen molar-refractivity contribution in [3.63, 3.8) is 0 Å². The van der Waals surface area contributed by atoms with Gasteiger partial charge in [0.2, 0.25) is 0 Å². The molecule has 0 aromatic heterocycles. The van der Waals surface area contributed by atoms with Crippen molar-refractivity contribution < 1.29 is 14.3 Å². The van der Waals surface area contributed by atoms with Gasteiger partial charge in [-0.1, -0.05) is 6.92 Å². The highest BCUT2D eigenvalue weighted by atomic mass is 16.5.